The molecule has 1 aromatic rings. The molecule has 0 aromatic carbocycles. The first-order chi connectivity index (χ1) is 13.5. The number of hydrogen-bond acceptors (Lipinski definition) is 5. The van der Waals surface area contributed by atoms with Crippen LogP contribution < -0.4 is 4.90 Å². The van der Waals surface area contributed by atoms with Gasteiger partial charge in [0.05, 0.1) is 0 Å². The molecular formula is C23H34N4O. The minimum absolute atomic E-state index is 0.178. The molecule has 0 radical (unpaired) electrons. The zero-order valence-electron chi connectivity index (χ0n) is 17.4. The summed E-state index contributed by atoms with van der Waals surface area (Å²) in [5, 5.41) is 0. The first-order valence-corrected chi connectivity index (χ1v) is 11.1. The van der Waals surface area contributed by atoms with E-state index in [0.29, 0.717) is 36.4 Å². The number of anilines is 1. The van der Waals surface area contributed by atoms with Gasteiger partial charge >= 0.3 is 0 Å². The number of allylic oxidation sites excluding steroid dienone is 1. The van der Waals surface area contributed by atoms with Crippen molar-refractivity contribution in [1.29, 1.82) is 0 Å². The predicted molar refractivity (Wildman–Crippen MR) is 113 cm³/mol. The number of aromatic nitrogens is 2. The van der Waals surface area contributed by atoms with E-state index in [-0.39, 0.29) is 5.78 Å². The van der Waals surface area contributed by atoms with Gasteiger partial charge in [-0.15, -0.1) is 0 Å². The number of rotatable bonds is 6. The monoisotopic (exact) mass is 382 g/mol. The van der Waals surface area contributed by atoms with Crippen LogP contribution in [-0.2, 0) is 4.79 Å². The Morgan fingerprint density at radius 2 is 1.86 bits per heavy atom. The molecule has 1 aromatic heterocycles. The smallest absolute Gasteiger partial charge is 0.155 e. The number of likely N-dealkylation sites (tertiary alicyclic amines) is 1. The molecule has 3 aliphatic rings. The lowest BCUT2D eigenvalue weighted by atomic mass is 9.79. The fraction of sp³-hybridized carbons (Fsp3) is 0.696. The maximum absolute atomic E-state index is 11.6. The summed E-state index contributed by atoms with van der Waals surface area (Å²) in [5.41, 5.74) is 0. The third kappa shape index (κ3) is 4.00. The summed E-state index contributed by atoms with van der Waals surface area (Å²) < 4.78 is 0. The zero-order valence-corrected chi connectivity index (χ0v) is 17.4. The van der Waals surface area contributed by atoms with E-state index in [1.807, 2.05) is 6.20 Å². The Hall–Kier alpha value is -1.75. The van der Waals surface area contributed by atoms with Crippen molar-refractivity contribution in [2.45, 2.75) is 82.8 Å². The molecule has 0 amide bonds. The highest BCUT2D eigenvalue weighted by atomic mass is 16.1. The SMILES string of the molecule is C=CC(=O)CC1CCC(c2nccc(N3C4CCC3CN(C(C)C)C4)n2)CC1. The van der Waals surface area contributed by atoms with E-state index in [9.17, 15) is 4.79 Å². The molecule has 1 saturated carbocycles. The van der Waals surface area contributed by atoms with E-state index in [2.05, 4.69) is 41.3 Å². The standard InChI is InChI=1S/C23H34N4O/c1-4-21(28)13-17-5-7-18(8-6-17)23-24-12-11-22(25-23)27-19-9-10-20(27)15-26(14-19)16(2)3/h4,11-12,16-20H,1,5-10,13-15H2,2-3H3. The van der Waals surface area contributed by atoms with Gasteiger partial charge in [0.15, 0.2) is 5.78 Å². The second-order valence-corrected chi connectivity index (χ2v) is 9.21. The molecular weight excluding hydrogens is 348 g/mol. The Labute approximate surface area is 169 Å². The number of carbonyl (C=O) groups is 1. The first-order valence-electron chi connectivity index (χ1n) is 11.1. The van der Waals surface area contributed by atoms with Crippen LogP contribution in [0.2, 0.25) is 0 Å². The minimum atomic E-state index is 0.178. The van der Waals surface area contributed by atoms with Crippen LogP contribution in [0.3, 0.4) is 0 Å². The van der Waals surface area contributed by atoms with Crippen LogP contribution in [0, 0.1) is 5.92 Å². The average Bonchev–Trinajstić information content (AvgIpc) is 2.97. The predicted octanol–water partition coefficient (Wildman–Crippen LogP) is 3.96. The van der Waals surface area contributed by atoms with E-state index in [4.69, 9.17) is 4.98 Å². The Morgan fingerprint density at radius 1 is 1.18 bits per heavy atom. The van der Waals surface area contributed by atoms with E-state index in [1.165, 1.54) is 18.9 Å². The van der Waals surface area contributed by atoms with Crippen LogP contribution in [0.5, 0.6) is 0 Å². The van der Waals surface area contributed by atoms with Crippen LogP contribution in [0.1, 0.15) is 70.5 Å². The summed E-state index contributed by atoms with van der Waals surface area (Å²) in [6.45, 7) is 10.5. The number of carbonyl (C=O) groups excluding carboxylic acids is 1. The maximum atomic E-state index is 11.6. The van der Waals surface area contributed by atoms with Crippen LogP contribution >= 0.6 is 0 Å². The van der Waals surface area contributed by atoms with Gasteiger partial charge in [0.2, 0.25) is 0 Å². The third-order valence-electron chi connectivity index (χ3n) is 7.09. The van der Waals surface area contributed by atoms with Crippen molar-refractivity contribution < 1.29 is 4.79 Å². The third-order valence-corrected chi connectivity index (χ3v) is 7.09. The summed E-state index contributed by atoms with van der Waals surface area (Å²) in [6, 6.07) is 3.90. The molecule has 2 atom stereocenters. The Balaban J connectivity index is 1.42. The van der Waals surface area contributed by atoms with Crippen molar-refractivity contribution in [3.05, 3.63) is 30.7 Å². The summed E-state index contributed by atoms with van der Waals surface area (Å²) in [6.07, 6.45) is 11.0. The fourth-order valence-electron chi connectivity index (χ4n) is 5.43. The summed E-state index contributed by atoms with van der Waals surface area (Å²) >= 11 is 0. The number of ketones is 1. The number of piperazine rings is 1. The molecule has 3 fully saturated rings. The highest BCUT2D eigenvalue weighted by Crippen LogP contribution is 2.38. The fourth-order valence-corrected chi connectivity index (χ4v) is 5.43. The molecule has 2 saturated heterocycles. The first kappa shape index (κ1) is 19.6. The van der Waals surface area contributed by atoms with Gasteiger partial charge in [-0.2, -0.15) is 0 Å². The number of fused-ring (bicyclic) bond motifs is 2. The molecule has 4 rings (SSSR count). The van der Waals surface area contributed by atoms with Gasteiger partial charge in [-0.3, -0.25) is 9.69 Å². The van der Waals surface area contributed by atoms with E-state index < -0.39 is 0 Å². The van der Waals surface area contributed by atoms with Gasteiger partial charge in [-0.25, -0.2) is 9.97 Å². The molecule has 0 N–H and O–H groups in total. The van der Waals surface area contributed by atoms with Crippen LogP contribution in [0.25, 0.3) is 0 Å². The topological polar surface area (TPSA) is 49.3 Å². The molecule has 2 aliphatic heterocycles. The molecule has 5 heteroatoms. The Kier molecular flexibility index (Phi) is 5.81. The molecule has 1 aliphatic carbocycles. The van der Waals surface area contributed by atoms with Gasteiger partial charge in [0, 0.05) is 49.8 Å². The average molecular weight is 383 g/mol. The van der Waals surface area contributed by atoms with Crippen LogP contribution in [-0.4, -0.2) is 51.9 Å². The maximum Gasteiger partial charge on any atom is 0.155 e. The summed E-state index contributed by atoms with van der Waals surface area (Å²) in [5.74, 6) is 3.26. The van der Waals surface area contributed by atoms with Crippen molar-refractivity contribution >= 4 is 11.6 Å². The summed E-state index contributed by atoms with van der Waals surface area (Å²) in [7, 11) is 0. The van der Waals surface area contributed by atoms with Crippen molar-refractivity contribution in [3.8, 4) is 0 Å². The largest absolute Gasteiger partial charge is 0.348 e. The molecule has 152 valence electrons. The second-order valence-electron chi connectivity index (χ2n) is 9.21. The van der Waals surface area contributed by atoms with Crippen molar-refractivity contribution in [3.63, 3.8) is 0 Å². The molecule has 28 heavy (non-hydrogen) atoms. The van der Waals surface area contributed by atoms with Gasteiger partial charge < -0.3 is 4.90 Å². The lowest BCUT2D eigenvalue weighted by Crippen LogP contribution is -2.55. The van der Waals surface area contributed by atoms with E-state index in [1.54, 1.807) is 0 Å². The lowest BCUT2D eigenvalue weighted by Gasteiger charge is -2.43. The van der Waals surface area contributed by atoms with Gasteiger partial charge in [0.1, 0.15) is 11.6 Å². The molecule has 2 unspecified atom stereocenters. The highest BCUT2D eigenvalue weighted by Gasteiger charge is 2.41. The number of nitrogens with zero attached hydrogens (tertiary/aromatic N) is 4. The van der Waals surface area contributed by atoms with Gasteiger partial charge in [-0.1, -0.05) is 6.58 Å². The second kappa shape index (κ2) is 8.32. The Morgan fingerprint density at radius 3 is 2.46 bits per heavy atom. The van der Waals surface area contributed by atoms with E-state index >= 15 is 0 Å². The minimum Gasteiger partial charge on any atom is -0.348 e. The normalized spacial score (nSPS) is 30.6. The molecule has 3 heterocycles. The molecule has 2 bridgehead atoms. The molecule has 0 spiro atoms. The van der Waals surface area contributed by atoms with E-state index in [0.717, 1.165) is 50.4 Å². The zero-order chi connectivity index (χ0) is 19.7. The van der Waals surface area contributed by atoms with Crippen molar-refractivity contribution in [1.82, 2.24) is 14.9 Å². The number of hydrogen-bond donors (Lipinski definition) is 0. The van der Waals surface area contributed by atoms with Crippen molar-refractivity contribution in [2.75, 3.05) is 18.0 Å². The highest BCUT2D eigenvalue weighted by molar-refractivity contribution is 5.89. The lowest BCUT2D eigenvalue weighted by molar-refractivity contribution is -0.115. The quantitative estimate of drug-likeness (QED) is 0.697. The molecule has 5 nitrogen and oxygen atoms in total. The van der Waals surface area contributed by atoms with Gasteiger partial charge in [-0.05, 0) is 70.4 Å². The van der Waals surface area contributed by atoms with Gasteiger partial charge in [0.25, 0.3) is 0 Å². The Bertz CT molecular complexity index is 696. The van der Waals surface area contributed by atoms with Crippen LogP contribution in [0.15, 0.2) is 24.9 Å². The van der Waals surface area contributed by atoms with Crippen molar-refractivity contribution in [2.24, 2.45) is 5.92 Å². The van der Waals surface area contributed by atoms with Crippen LogP contribution in [0.4, 0.5) is 5.82 Å². The summed E-state index contributed by atoms with van der Waals surface area (Å²) in [4.78, 5) is 26.5.